The van der Waals surface area contributed by atoms with E-state index >= 15 is 0 Å². The highest BCUT2D eigenvalue weighted by molar-refractivity contribution is 6.05. The van der Waals surface area contributed by atoms with E-state index in [1.165, 1.54) is 12.3 Å². The molecule has 1 aromatic carbocycles. The molecule has 1 aromatic heterocycles. The summed E-state index contributed by atoms with van der Waals surface area (Å²) < 4.78 is 48.2. The van der Waals surface area contributed by atoms with Crippen LogP contribution in [0.1, 0.15) is 32.0 Å². The minimum Gasteiger partial charge on any atom is -0.465 e. The zero-order valence-corrected chi connectivity index (χ0v) is 15.7. The third kappa shape index (κ3) is 5.47. The van der Waals surface area contributed by atoms with Gasteiger partial charge in [-0.2, -0.15) is 13.2 Å². The van der Waals surface area contributed by atoms with Crippen LogP contribution in [-0.2, 0) is 10.9 Å². The molecule has 0 aliphatic rings. The van der Waals surface area contributed by atoms with Crippen molar-refractivity contribution in [1.29, 1.82) is 0 Å². The molecule has 0 fully saturated rings. The van der Waals surface area contributed by atoms with Gasteiger partial charge in [-0.15, -0.1) is 0 Å². The molecule has 0 radical (unpaired) electrons. The number of methoxy groups -OCH3 is 1. The lowest BCUT2D eigenvalue weighted by molar-refractivity contribution is -0.137. The topological polar surface area (TPSA) is 88.8 Å². The van der Waals surface area contributed by atoms with E-state index in [2.05, 4.69) is 10.1 Å². The number of nitrogens with one attached hydrogen (secondary N) is 1. The molecule has 7 nitrogen and oxygen atoms in total. The molecule has 0 saturated heterocycles. The van der Waals surface area contributed by atoms with E-state index in [4.69, 9.17) is 4.42 Å². The lowest BCUT2D eigenvalue weighted by atomic mass is 10.1. The number of hydrogen-bond donors (Lipinski definition) is 1. The zero-order chi connectivity index (χ0) is 21.8. The Morgan fingerprint density at radius 2 is 1.90 bits per heavy atom. The highest BCUT2D eigenvalue weighted by Gasteiger charge is 2.31. The molecule has 2 aromatic rings. The number of nitrogens with zero attached hydrogens (tertiary/aromatic N) is 1. The Labute approximate surface area is 163 Å². The number of halogens is 3. The molecule has 154 valence electrons. The lowest BCUT2D eigenvalue weighted by Crippen LogP contribution is -2.20. The summed E-state index contributed by atoms with van der Waals surface area (Å²) in [6, 6.07) is 4.72. The fourth-order valence-electron chi connectivity index (χ4n) is 2.21. The smallest absolute Gasteiger partial charge is 0.416 e. The van der Waals surface area contributed by atoms with Crippen molar-refractivity contribution >= 4 is 23.6 Å². The first kappa shape index (κ1) is 21.7. The second kappa shape index (κ2) is 8.63. The Morgan fingerprint density at radius 3 is 2.48 bits per heavy atom. The van der Waals surface area contributed by atoms with Gasteiger partial charge in [-0.25, -0.2) is 9.59 Å². The Kier molecular flexibility index (Phi) is 6.47. The van der Waals surface area contributed by atoms with E-state index in [1.807, 2.05) is 0 Å². The van der Waals surface area contributed by atoms with Gasteiger partial charge in [-0.1, -0.05) is 6.07 Å². The van der Waals surface area contributed by atoms with Crippen molar-refractivity contribution in [3.05, 3.63) is 69.4 Å². The number of amides is 1. The van der Waals surface area contributed by atoms with Crippen molar-refractivity contribution in [3.8, 4) is 0 Å². The van der Waals surface area contributed by atoms with E-state index in [0.29, 0.717) is 6.07 Å². The number of carbonyl (C=O) groups is 2. The van der Waals surface area contributed by atoms with Crippen LogP contribution >= 0.6 is 0 Å². The second-order valence-corrected chi connectivity index (χ2v) is 6.03. The molecule has 10 heteroatoms. The van der Waals surface area contributed by atoms with Gasteiger partial charge in [-0.05, 0) is 30.3 Å². The van der Waals surface area contributed by atoms with Crippen LogP contribution in [0, 0.1) is 0 Å². The van der Waals surface area contributed by atoms with Gasteiger partial charge < -0.3 is 19.4 Å². The minimum atomic E-state index is -4.63. The van der Waals surface area contributed by atoms with Crippen molar-refractivity contribution in [1.82, 2.24) is 4.90 Å². The second-order valence-electron chi connectivity index (χ2n) is 6.03. The molecule has 1 N–H and O–H groups in total. The number of alkyl halides is 3. The molecule has 0 spiro atoms. The molecule has 29 heavy (non-hydrogen) atoms. The average molecular weight is 410 g/mol. The van der Waals surface area contributed by atoms with Gasteiger partial charge in [0.2, 0.25) is 0 Å². The van der Waals surface area contributed by atoms with Crippen molar-refractivity contribution < 1.29 is 31.9 Å². The van der Waals surface area contributed by atoms with Gasteiger partial charge in [0.15, 0.2) is 0 Å². The summed E-state index contributed by atoms with van der Waals surface area (Å²) in [7, 11) is 4.53. The number of carbonyl (C=O) groups excluding carboxylic acids is 2. The molecule has 0 unspecified atom stereocenters. The van der Waals surface area contributed by atoms with Gasteiger partial charge in [0.1, 0.15) is 17.0 Å². The van der Waals surface area contributed by atoms with Crippen LogP contribution in [0.15, 0.2) is 45.7 Å². The molecule has 0 bridgehead atoms. The number of esters is 1. The van der Waals surface area contributed by atoms with E-state index < -0.39 is 34.9 Å². The number of benzene rings is 1. The quantitative estimate of drug-likeness (QED) is 0.762. The number of ether oxygens (including phenoxy) is 1. The summed E-state index contributed by atoms with van der Waals surface area (Å²) in [6.07, 6.45) is -1.76. The maximum absolute atomic E-state index is 12.8. The van der Waals surface area contributed by atoms with Crippen molar-refractivity contribution in [2.24, 2.45) is 0 Å². The first-order valence-electron chi connectivity index (χ1n) is 8.12. The van der Waals surface area contributed by atoms with Gasteiger partial charge >= 0.3 is 17.8 Å². The Morgan fingerprint density at radius 1 is 1.21 bits per heavy atom. The van der Waals surface area contributed by atoms with Crippen LogP contribution in [-0.4, -0.2) is 38.0 Å². The van der Waals surface area contributed by atoms with Gasteiger partial charge in [-0.3, -0.25) is 4.79 Å². The third-order valence-corrected chi connectivity index (χ3v) is 3.61. The first-order chi connectivity index (χ1) is 13.5. The average Bonchev–Trinajstić information content (AvgIpc) is 2.66. The van der Waals surface area contributed by atoms with Gasteiger partial charge in [0.25, 0.3) is 5.91 Å². The summed E-state index contributed by atoms with van der Waals surface area (Å²) in [5.74, 6) is -1.91. The monoisotopic (exact) mass is 410 g/mol. The molecule has 0 aliphatic carbocycles. The highest BCUT2D eigenvalue weighted by atomic mass is 19.4. The Hall–Kier alpha value is -3.56. The van der Waals surface area contributed by atoms with Crippen LogP contribution in [0.4, 0.5) is 18.9 Å². The number of anilines is 1. The molecule has 1 heterocycles. The molecule has 0 atom stereocenters. The molecule has 1 amide bonds. The normalized spacial score (nSPS) is 11.4. The maximum Gasteiger partial charge on any atom is 0.416 e. The van der Waals surface area contributed by atoms with Gasteiger partial charge in [0, 0.05) is 25.9 Å². The van der Waals surface area contributed by atoms with Crippen molar-refractivity contribution in [3.63, 3.8) is 0 Å². The largest absolute Gasteiger partial charge is 0.465 e. The summed E-state index contributed by atoms with van der Waals surface area (Å²) in [5, 5.41) is 2.16. The number of rotatable bonds is 5. The number of hydrogen-bond acceptors (Lipinski definition) is 6. The van der Waals surface area contributed by atoms with E-state index in [9.17, 15) is 27.6 Å². The molecular weight excluding hydrogens is 393 g/mol. The predicted octanol–water partition coefficient (Wildman–Crippen LogP) is 3.23. The molecule has 0 saturated carbocycles. The van der Waals surface area contributed by atoms with Crippen LogP contribution in [0.25, 0.3) is 6.08 Å². The van der Waals surface area contributed by atoms with E-state index in [0.717, 1.165) is 31.4 Å². The third-order valence-electron chi connectivity index (χ3n) is 3.61. The van der Waals surface area contributed by atoms with Crippen molar-refractivity contribution in [2.45, 2.75) is 6.18 Å². The van der Waals surface area contributed by atoms with Crippen LogP contribution in [0.5, 0.6) is 0 Å². The summed E-state index contributed by atoms with van der Waals surface area (Å²) in [5.41, 5.74) is -2.90. The Balaban J connectivity index is 2.41. The zero-order valence-electron chi connectivity index (χ0n) is 15.7. The maximum atomic E-state index is 12.8. The summed E-state index contributed by atoms with van der Waals surface area (Å²) in [4.78, 5) is 38.1. The van der Waals surface area contributed by atoms with Crippen molar-refractivity contribution in [2.75, 3.05) is 26.5 Å². The summed E-state index contributed by atoms with van der Waals surface area (Å²) in [6.45, 7) is 0. The van der Waals surface area contributed by atoms with E-state index in [1.54, 1.807) is 19.0 Å². The summed E-state index contributed by atoms with van der Waals surface area (Å²) >= 11 is 0. The highest BCUT2D eigenvalue weighted by Crippen LogP contribution is 2.29. The lowest BCUT2D eigenvalue weighted by Gasteiger charge is -2.10. The fourth-order valence-corrected chi connectivity index (χ4v) is 2.21. The first-order valence-corrected chi connectivity index (χ1v) is 8.12. The predicted molar refractivity (Wildman–Crippen MR) is 98.4 cm³/mol. The molecular formula is C19H17F3N2O5. The van der Waals surface area contributed by atoms with E-state index in [-0.39, 0.29) is 16.9 Å². The Bertz CT molecular complexity index is 1010. The SMILES string of the molecule is COC(=O)c1cc(NC(=O)c2cccc(C(F)(F)F)c2)c(=O)oc1C=CN(C)C. The van der Waals surface area contributed by atoms with Gasteiger partial charge in [0.05, 0.1) is 12.7 Å². The van der Waals surface area contributed by atoms with Crippen LogP contribution < -0.4 is 10.9 Å². The fraction of sp³-hybridized carbons (Fsp3) is 0.211. The molecule has 2 rings (SSSR count). The van der Waals surface area contributed by atoms with Crippen LogP contribution in [0.2, 0.25) is 0 Å². The molecule has 0 aliphatic heterocycles. The van der Waals surface area contributed by atoms with Crippen LogP contribution in [0.3, 0.4) is 0 Å². The minimum absolute atomic E-state index is 0.104. The standard InChI is InChI=1S/C19H17F3N2O5/c1-24(2)8-7-15-13(17(26)28-3)10-14(18(27)29-15)23-16(25)11-5-4-6-12(9-11)19(20,21)22/h4-10H,1-3H3,(H,23,25).